The standard InChI is InChI=1S/C14H22N2O3S2/c1-2-21(17,18)15-6-11-10-19-14-9-16(8-13(11)14)7-12-4-3-5-20-12/h3-5,11,13-15H,2,6-10H2,1H3/t11-,13+,14+/m0/s1. The van der Waals surface area contributed by atoms with Crippen molar-refractivity contribution in [3.8, 4) is 0 Å². The Hall–Kier alpha value is -0.470. The fourth-order valence-electron chi connectivity index (χ4n) is 3.18. The first-order chi connectivity index (χ1) is 10.1. The Bertz CT molecular complexity index is 559. The van der Waals surface area contributed by atoms with E-state index in [4.69, 9.17) is 4.74 Å². The van der Waals surface area contributed by atoms with Gasteiger partial charge in [-0.2, -0.15) is 0 Å². The van der Waals surface area contributed by atoms with E-state index in [2.05, 4.69) is 27.1 Å². The molecule has 2 aliphatic heterocycles. The molecule has 1 aromatic heterocycles. The molecule has 0 amide bonds. The van der Waals surface area contributed by atoms with Crippen molar-refractivity contribution in [2.24, 2.45) is 11.8 Å². The summed E-state index contributed by atoms with van der Waals surface area (Å²) in [7, 11) is -3.11. The van der Waals surface area contributed by atoms with Gasteiger partial charge in [-0.25, -0.2) is 13.1 Å². The first-order valence-electron chi connectivity index (χ1n) is 7.41. The Morgan fingerprint density at radius 3 is 3.05 bits per heavy atom. The molecule has 0 bridgehead atoms. The molecule has 7 heteroatoms. The molecule has 0 spiro atoms. The van der Waals surface area contributed by atoms with Crippen LogP contribution in [0.2, 0.25) is 0 Å². The third kappa shape index (κ3) is 3.65. The Morgan fingerprint density at radius 1 is 1.48 bits per heavy atom. The molecule has 2 fully saturated rings. The summed E-state index contributed by atoms with van der Waals surface area (Å²) < 4.78 is 31.7. The zero-order valence-electron chi connectivity index (χ0n) is 12.2. The lowest BCUT2D eigenvalue weighted by molar-refractivity contribution is 0.0944. The summed E-state index contributed by atoms with van der Waals surface area (Å²) in [6, 6.07) is 4.24. The number of nitrogens with zero attached hydrogens (tertiary/aromatic N) is 1. The quantitative estimate of drug-likeness (QED) is 0.850. The SMILES string of the molecule is CCS(=O)(=O)NC[C@H]1CO[C@@H]2CN(Cc3cccs3)C[C@H]12. The number of sulfonamides is 1. The molecule has 3 rings (SSSR count). The molecular weight excluding hydrogens is 308 g/mol. The van der Waals surface area contributed by atoms with Crippen LogP contribution in [0.1, 0.15) is 11.8 Å². The van der Waals surface area contributed by atoms with E-state index in [0.29, 0.717) is 25.0 Å². The smallest absolute Gasteiger partial charge is 0.211 e. The highest BCUT2D eigenvalue weighted by Gasteiger charge is 2.43. The van der Waals surface area contributed by atoms with E-state index in [-0.39, 0.29) is 11.9 Å². The molecule has 3 atom stereocenters. The van der Waals surface area contributed by atoms with E-state index in [0.717, 1.165) is 19.6 Å². The third-order valence-corrected chi connectivity index (χ3v) is 6.65. The predicted molar refractivity (Wildman–Crippen MR) is 83.8 cm³/mol. The van der Waals surface area contributed by atoms with Gasteiger partial charge >= 0.3 is 0 Å². The lowest BCUT2D eigenvalue weighted by atomic mass is 9.93. The topological polar surface area (TPSA) is 58.6 Å². The van der Waals surface area contributed by atoms with E-state index < -0.39 is 10.0 Å². The van der Waals surface area contributed by atoms with Gasteiger partial charge in [-0.15, -0.1) is 11.3 Å². The van der Waals surface area contributed by atoms with Crippen LogP contribution in [0.4, 0.5) is 0 Å². The van der Waals surface area contributed by atoms with E-state index in [1.165, 1.54) is 4.88 Å². The lowest BCUT2D eigenvalue weighted by Crippen LogP contribution is -2.34. The molecule has 1 aromatic rings. The van der Waals surface area contributed by atoms with Crippen molar-refractivity contribution < 1.29 is 13.2 Å². The molecule has 118 valence electrons. The Kier molecular flexibility index (Phi) is 4.66. The first-order valence-corrected chi connectivity index (χ1v) is 9.94. The summed E-state index contributed by atoms with van der Waals surface area (Å²) in [5.41, 5.74) is 0. The Morgan fingerprint density at radius 2 is 2.33 bits per heavy atom. The van der Waals surface area contributed by atoms with Gasteiger partial charge in [-0.1, -0.05) is 6.07 Å². The van der Waals surface area contributed by atoms with Crippen LogP contribution >= 0.6 is 11.3 Å². The number of fused-ring (bicyclic) bond motifs is 1. The average Bonchev–Trinajstić information content (AvgIpc) is 3.14. The average molecular weight is 330 g/mol. The van der Waals surface area contributed by atoms with E-state index in [9.17, 15) is 8.42 Å². The molecule has 2 aliphatic rings. The maximum absolute atomic E-state index is 11.6. The van der Waals surface area contributed by atoms with Crippen molar-refractivity contribution in [3.63, 3.8) is 0 Å². The van der Waals surface area contributed by atoms with Crippen molar-refractivity contribution in [1.82, 2.24) is 9.62 Å². The molecule has 21 heavy (non-hydrogen) atoms. The number of rotatable bonds is 6. The van der Waals surface area contributed by atoms with Crippen molar-refractivity contribution >= 4 is 21.4 Å². The number of hydrogen-bond acceptors (Lipinski definition) is 5. The summed E-state index contributed by atoms with van der Waals surface area (Å²) in [4.78, 5) is 3.79. The van der Waals surface area contributed by atoms with E-state index in [1.807, 2.05) is 0 Å². The predicted octanol–water partition coefficient (Wildman–Crippen LogP) is 1.13. The van der Waals surface area contributed by atoms with Gasteiger partial charge in [0.1, 0.15) is 0 Å². The molecule has 0 unspecified atom stereocenters. The number of hydrogen-bond donors (Lipinski definition) is 1. The summed E-state index contributed by atoms with van der Waals surface area (Å²) in [6.45, 7) is 5.77. The molecular formula is C14H22N2O3S2. The number of nitrogens with one attached hydrogen (secondary N) is 1. The van der Waals surface area contributed by atoms with E-state index >= 15 is 0 Å². The summed E-state index contributed by atoms with van der Waals surface area (Å²) in [6.07, 6.45) is 0.265. The van der Waals surface area contributed by atoms with Crippen LogP contribution < -0.4 is 4.72 Å². The van der Waals surface area contributed by atoms with Crippen molar-refractivity contribution in [2.75, 3.05) is 32.0 Å². The Balaban J connectivity index is 1.54. The zero-order valence-corrected chi connectivity index (χ0v) is 13.8. The van der Waals surface area contributed by atoms with Crippen LogP contribution in [0, 0.1) is 11.8 Å². The van der Waals surface area contributed by atoms with Crippen LogP contribution in [0.15, 0.2) is 17.5 Å². The molecule has 0 saturated carbocycles. The summed E-state index contributed by atoms with van der Waals surface area (Å²) in [5.74, 6) is 0.883. The Labute approximate surface area is 130 Å². The number of likely N-dealkylation sites (tertiary alicyclic amines) is 1. The summed E-state index contributed by atoms with van der Waals surface area (Å²) in [5, 5.41) is 2.10. The minimum absolute atomic E-state index is 0.138. The fourth-order valence-corrected chi connectivity index (χ4v) is 4.60. The molecule has 2 saturated heterocycles. The second kappa shape index (κ2) is 6.34. The van der Waals surface area contributed by atoms with Crippen molar-refractivity contribution in [1.29, 1.82) is 0 Å². The number of ether oxygens (including phenoxy) is 1. The highest BCUT2D eigenvalue weighted by Crippen LogP contribution is 2.34. The van der Waals surface area contributed by atoms with Crippen LogP contribution in [0.25, 0.3) is 0 Å². The molecule has 5 nitrogen and oxygen atoms in total. The normalized spacial score (nSPS) is 29.9. The van der Waals surface area contributed by atoms with Gasteiger partial charge in [0.25, 0.3) is 0 Å². The van der Waals surface area contributed by atoms with Gasteiger partial charge in [-0.3, -0.25) is 4.90 Å². The minimum atomic E-state index is -3.11. The fraction of sp³-hybridized carbons (Fsp3) is 0.714. The maximum Gasteiger partial charge on any atom is 0.211 e. The summed E-state index contributed by atoms with van der Waals surface area (Å²) >= 11 is 1.78. The van der Waals surface area contributed by atoms with Crippen LogP contribution in [-0.2, 0) is 21.3 Å². The van der Waals surface area contributed by atoms with Gasteiger partial charge in [-0.05, 0) is 18.4 Å². The van der Waals surface area contributed by atoms with Crippen LogP contribution in [0.5, 0.6) is 0 Å². The van der Waals surface area contributed by atoms with Crippen LogP contribution in [0.3, 0.4) is 0 Å². The maximum atomic E-state index is 11.6. The van der Waals surface area contributed by atoms with Crippen molar-refractivity contribution in [3.05, 3.63) is 22.4 Å². The largest absolute Gasteiger partial charge is 0.376 e. The molecule has 0 aromatic carbocycles. The second-order valence-electron chi connectivity index (χ2n) is 5.82. The lowest BCUT2D eigenvalue weighted by Gasteiger charge is -2.19. The number of thiophene rings is 1. The van der Waals surface area contributed by atoms with Gasteiger partial charge in [0.05, 0.1) is 18.5 Å². The second-order valence-corrected chi connectivity index (χ2v) is 8.95. The zero-order chi connectivity index (χ0) is 14.9. The first kappa shape index (κ1) is 15.4. The highest BCUT2D eigenvalue weighted by molar-refractivity contribution is 7.89. The van der Waals surface area contributed by atoms with Gasteiger partial charge in [0, 0.05) is 42.9 Å². The third-order valence-electron chi connectivity index (χ3n) is 4.42. The molecule has 3 heterocycles. The highest BCUT2D eigenvalue weighted by atomic mass is 32.2. The van der Waals surface area contributed by atoms with Crippen molar-refractivity contribution in [2.45, 2.75) is 19.6 Å². The monoisotopic (exact) mass is 330 g/mol. The van der Waals surface area contributed by atoms with Gasteiger partial charge < -0.3 is 4.74 Å². The minimum Gasteiger partial charge on any atom is -0.376 e. The van der Waals surface area contributed by atoms with Gasteiger partial charge in [0.15, 0.2) is 0 Å². The van der Waals surface area contributed by atoms with Crippen LogP contribution in [-0.4, -0.2) is 51.4 Å². The van der Waals surface area contributed by atoms with Gasteiger partial charge in [0.2, 0.25) is 10.0 Å². The molecule has 1 N–H and O–H groups in total. The molecule has 0 radical (unpaired) electrons. The molecule has 0 aliphatic carbocycles. The van der Waals surface area contributed by atoms with E-state index in [1.54, 1.807) is 18.3 Å².